The van der Waals surface area contributed by atoms with Crippen LogP contribution in [-0.2, 0) is 16.1 Å². The first-order valence-electron chi connectivity index (χ1n) is 12.9. The van der Waals surface area contributed by atoms with Crippen LogP contribution in [0.4, 0.5) is 0 Å². The Bertz CT molecular complexity index is 990. The van der Waals surface area contributed by atoms with Gasteiger partial charge in [-0.15, -0.1) is 0 Å². The second-order valence-electron chi connectivity index (χ2n) is 9.77. The van der Waals surface area contributed by atoms with Crippen molar-refractivity contribution in [3.05, 3.63) is 59.1 Å². The van der Waals surface area contributed by atoms with Crippen molar-refractivity contribution in [2.45, 2.75) is 44.2 Å². The van der Waals surface area contributed by atoms with Gasteiger partial charge in [-0.05, 0) is 55.2 Å². The lowest BCUT2D eigenvalue weighted by atomic mass is 10.1. The summed E-state index contributed by atoms with van der Waals surface area (Å²) in [6, 6.07) is 15.2. The monoisotopic (exact) mass is 516 g/mol. The van der Waals surface area contributed by atoms with Crippen LogP contribution in [0.2, 0.25) is 5.02 Å². The second-order valence-corrected chi connectivity index (χ2v) is 10.2. The summed E-state index contributed by atoms with van der Waals surface area (Å²) in [5.41, 5.74) is -0.0206. The van der Waals surface area contributed by atoms with E-state index in [2.05, 4.69) is 11.0 Å². The first-order chi connectivity index (χ1) is 17.5. The first-order valence-corrected chi connectivity index (χ1v) is 13.3. The number of amides is 1. The fourth-order valence-corrected chi connectivity index (χ4v) is 4.89. The van der Waals surface area contributed by atoms with Crippen LogP contribution in [0.3, 0.4) is 0 Å². The molecule has 1 N–H and O–H groups in total. The molecule has 4 rings (SSSR count). The lowest BCUT2D eigenvalue weighted by Crippen LogP contribution is -2.48. The van der Waals surface area contributed by atoms with Gasteiger partial charge in [-0.1, -0.05) is 36.2 Å². The van der Waals surface area contributed by atoms with Crippen LogP contribution in [-0.4, -0.2) is 79.0 Å². The van der Waals surface area contributed by atoms with Gasteiger partial charge in [0.2, 0.25) is 5.91 Å². The van der Waals surface area contributed by atoms with Crippen molar-refractivity contribution in [3.63, 3.8) is 0 Å². The fraction of sp³-hybridized carbons (Fsp3) is 0.536. The normalized spacial score (nSPS) is 21.6. The lowest BCUT2D eigenvalue weighted by molar-refractivity contribution is -0.130. The van der Waals surface area contributed by atoms with Gasteiger partial charge in [-0.2, -0.15) is 0 Å². The Balaban J connectivity index is 1.26. The number of carbonyl (C=O) groups is 1. The minimum Gasteiger partial charge on any atom is -0.494 e. The highest BCUT2D eigenvalue weighted by molar-refractivity contribution is 6.30. The van der Waals surface area contributed by atoms with Crippen molar-refractivity contribution in [2.24, 2.45) is 0 Å². The van der Waals surface area contributed by atoms with Gasteiger partial charge in [-0.25, -0.2) is 0 Å². The van der Waals surface area contributed by atoms with Gasteiger partial charge in [0.25, 0.3) is 0 Å². The number of rotatable bonds is 10. The Labute approximate surface area is 218 Å². The highest BCUT2D eigenvalue weighted by Crippen LogP contribution is 2.22. The molecule has 2 aromatic carbocycles. The number of β-amino-alcohol motifs (C(OH)–C–C–N with tert-alkyl or cyclic N) is 1. The average molecular weight is 517 g/mol. The molecular weight excluding hydrogens is 480 g/mol. The van der Waals surface area contributed by atoms with E-state index in [1.807, 2.05) is 35.2 Å². The smallest absolute Gasteiger partial charge is 0.222 e. The summed E-state index contributed by atoms with van der Waals surface area (Å²) < 4.78 is 17.5. The molecule has 36 heavy (non-hydrogen) atoms. The van der Waals surface area contributed by atoms with E-state index in [0.29, 0.717) is 50.0 Å². The van der Waals surface area contributed by atoms with E-state index in [-0.39, 0.29) is 19.1 Å². The molecule has 1 amide bonds. The Kier molecular flexibility index (Phi) is 9.87. The van der Waals surface area contributed by atoms with Crippen molar-refractivity contribution in [1.82, 2.24) is 9.80 Å². The number of hydrogen-bond acceptors (Lipinski definition) is 6. The van der Waals surface area contributed by atoms with Crippen LogP contribution in [0, 0.1) is 0 Å². The van der Waals surface area contributed by atoms with E-state index in [4.69, 9.17) is 25.8 Å². The highest BCUT2D eigenvalue weighted by Gasteiger charge is 2.33. The topological polar surface area (TPSA) is 71.5 Å². The van der Waals surface area contributed by atoms with Crippen LogP contribution in [0.5, 0.6) is 11.5 Å². The van der Waals surface area contributed by atoms with Crippen molar-refractivity contribution in [1.29, 1.82) is 0 Å². The van der Waals surface area contributed by atoms with Gasteiger partial charge in [0.15, 0.2) is 0 Å². The van der Waals surface area contributed by atoms with Crippen LogP contribution >= 0.6 is 11.6 Å². The number of hydrogen-bond donors (Lipinski definition) is 1. The van der Waals surface area contributed by atoms with Crippen LogP contribution in [0.1, 0.15) is 37.7 Å². The molecule has 2 aliphatic rings. The van der Waals surface area contributed by atoms with Crippen molar-refractivity contribution in [3.8, 4) is 11.5 Å². The van der Waals surface area contributed by atoms with Crippen LogP contribution in [0.15, 0.2) is 48.5 Å². The van der Waals surface area contributed by atoms with Gasteiger partial charge in [0.1, 0.15) is 23.7 Å². The molecule has 2 aromatic rings. The van der Waals surface area contributed by atoms with E-state index in [1.54, 1.807) is 12.1 Å². The molecule has 2 saturated heterocycles. The standard InChI is InChI=1S/C28H37ClN2O5/c29-24-8-5-10-26(18-24)36-22-28(33)20-30(14-16-34-21-28)19-23-7-4-9-25(17-23)35-15-6-13-31-12-3-1-2-11-27(31)32/h4-5,7-10,17-18,33H,1-3,6,11-16,19-22H2. The minimum atomic E-state index is -1.13. The molecule has 0 bridgehead atoms. The molecule has 0 aliphatic carbocycles. The summed E-state index contributed by atoms with van der Waals surface area (Å²) >= 11 is 6.04. The number of likely N-dealkylation sites (tertiary alicyclic amines) is 1. The summed E-state index contributed by atoms with van der Waals surface area (Å²) in [7, 11) is 0. The lowest BCUT2D eigenvalue weighted by Gasteiger charge is -2.30. The summed E-state index contributed by atoms with van der Waals surface area (Å²) in [5, 5.41) is 11.8. The molecule has 196 valence electrons. The summed E-state index contributed by atoms with van der Waals surface area (Å²) in [6.07, 6.45) is 4.73. The first kappa shape index (κ1) is 26.7. The molecule has 2 fully saturated rings. The summed E-state index contributed by atoms with van der Waals surface area (Å²) in [4.78, 5) is 16.3. The molecule has 0 saturated carbocycles. The van der Waals surface area contributed by atoms with E-state index >= 15 is 0 Å². The van der Waals surface area contributed by atoms with Crippen molar-refractivity contribution in [2.75, 3.05) is 52.6 Å². The third-order valence-corrected chi connectivity index (χ3v) is 6.80. The van der Waals surface area contributed by atoms with E-state index < -0.39 is 5.60 Å². The number of nitrogens with zero attached hydrogens (tertiary/aromatic N) is 2. The minimum absolute atomic E-state index is 0.118. The maximum Gasteiger partial charge on any atom is 0.222 e. The molecule has 7 nitrogen and oxygen atoms in total. The largest absolute Gasteiger partial charge is 0.494 e. The quantitative estimate of drug-likeness (QED) is 0.478. The Hall–Kier alpha value is -2.32. The number of ether oxygens (including phenoxy) is 3. The third-order valence-electron chi connectivity index (χ3n) is 6.56. The summed E-state index contributed by atoms with van der Waals surface area (Å²) in [5.74, 6) is 1.71. The number of halogens is 1. The van der Waals surface area contributed by atoms with Gasteiger partial charge >= 0.3 is 0 Å². The van der Waals surface area contributed by atoms with Gasteiger partial charge in [-0.3, -0.25) is 9.69 Å². The van der Waals surface area contributed by atoms with Gasteiger partial charge in [0.05, 0.1) is 19.8 Å². The molecule has 1 unspecified atom stereocenters. The fourth-order valence-electron chi connectivity index (χ4n) is 4.71. The van der Waals surface area contributed by atoms with E-state index in [0.717, 1.165) is 50.1 Å². The van der Waals surface area contributed by atoms with E-state index in [1.165, 1.54) is 0 Å². The second kappa shape index (κ2) is 13.3. The number of aliphatic hydroxyl groups is 1. The molecule has 8 heteroatoms. The maximum atomic E-state index is 12.1. The third kappa shape index (κ3) is 8.37. The van der Waals surface area contributed by atoms with Crippen molar-refractivity contribution < 1.29 is 24.1 Å². The zero-order valence-electron chi connectivity index (χ0n) is 20.9. The zero-order chi connectivity index (χ0) is 25.2. The van der Waals surface area contributed by atoms with Crippen LogP contribution < -0.4 is 9.47 Å². The molecule has 0 spiro atoms. The summed E-state index contributed by atoms with van der Waals surface area (Å²) in [6.45, 7) is 4.89. The Morgan fingerprint density at radius 3 is 2.72 bits per heavy atom. The predicted octanol–water partition coefficient (Wildman–Crippen LogP) is 4.15. The Morgan fingerprint density at radius 1 is 1.03 bits per heavy atom. The zero-order valence-corrected chi connectivity index (χ0v) is 21.6. The number of carbonyl (C=O) groups excluding carboxylic acids is 1. The predicted molar refractivity (Wildman–Crippen MR) is 140 cm³/mol. The van der Waals surface area contributed by atoms with E-state index in [9.17, 15) is 9.90 Å². The van der Waals surface area contributed by atoms with Crippen LogP contribution in [0.25, 0.3) is 0 Å². The number of benzene rings is 2. The molecular formula is C28H37ClN2O5. The molecule has 0 radical (unpaired) electrons. The SMILES string of the molecule is O=C1CCCCCN1CCCOc1cccc(CN2CCOCC(O)(COc3cccc(Cl)c3)C2)c1. The molecule has 2 aliphatic heterocycles. The molecule has 0 aromatic heterocycles. The van der Waals surface area contributed by atoms with Gasteiger partial charge in [0, 0.05) is 44.2 Å². The highest BCUT2D eigenvalue weighted by atomic mass is 35.5. The van der Waals surface area contributed by atoms with Gasteiger partial charge < -0.3 is 24.2 Å². The van der Waals surface area contributed by atoms with Crippen molar-refractivity contribution >= 4 is 17.5 Å². The molecule has 1 atom stereocenters. The Morgan fingerprint density at radius 2 is 1.86 bits per heavy atom. The maximum absolute atomic E-state index is 12.1. The molecule has 2 heterocycles. The average Bonchev–Trinajstić information content (AvgIpc) is 3.18.